The zero-order valence-electron chi connectivity index (χ0n) is 11.1. The first-order valence-electron chi connectivity index (χ1n) is 5.88. The van der Waals surface area contributed by atoms with Crippen molar-refractivity contribution in [1.82, 2.24) is 4.90 Å². The molecular formula is C14H20FNO. The molecule has 0 aliphatic carbocycles. The Labute approximate surface area is 102 Å². The Morgan fingerprint density at radius 1 is 1.29 bits per heavy atom. The van der Waals surface area contributed by atoms with Crippen LogP contribution in [0.5, 0.6) is 0 Å². The highest BCUT2D eigenvalue weighted by Gasteiger charge is 2.22. The first-order valence-corrected chi connectivity index (χ1v) is 5.88. The Hall–Kier alpha value is -1.38. The van der Waals surface area contributed by atoms with Crippen molar-refractivity contribution in [3.8, 4) is 0 Å². The second-order valence-corrected chi connectivity index (χ2v) is 4.84. The molecule has 2 nitrogen and oxygen atoms in total. The molecule has 0 fully saturated rings. The largest absolute Gasteiger partial charge is 0.339 e. The zero-order valence-corrected chi connectivity index (χ0v) is 11.1. The lowest BCUT2D eigenvalue weighted by atomic mass is 10.0. The van der Waals surface area contributed by atoms with Crippen LogP contribution in [0.2, 0.25) is 0 Å². The van der Waals surface area contributed by atoms with E-state index in [1.165, 1.54) is 6.07 Å². The molecule has 1 unspecified atom stereocenters. The molecule has 1 atom stereocenters. The van der Waals surface area contributed by atoms with Crippen molar-refractivity contribution in [3.05, 3.63) is 35.1 Å². The predicted octanol–water partition coefficient (Wildman–Crippen LogP) is 3.25. The lowest BCUT2D eigenvalue weighted by Crippen LogP contribution is -2.38. The Morgan fingerprint density at radius 3 is 2.41 bits per heavy atom. The van der Waals surface area contributed by atoms with Crippen LogP contribution >= 0.6 is 0 Å². The summed E-state index contributed by atoms with van der Waals surface area (Å²) in [5.74, 6) is -0.329. The van der Waals surface area contributed by atoms with Crippen LogP contribution in [0.3, 0.4) is 0 Å². The van der Waals surface area contributed by atoms with Gasteiger partial charge in [-0.3, -0.25) is 4.79 Å². The summed E-state index contributed by atoms with van der Waals surface area (Å²) in [4.78, 5) is 13.7. The van der Waals surface area contributed by atoms with E-state index in [9.17, 15) is 9.18 Å². The van der Waals surface area contributed by atoms with E-state index in [4.69, 9.17) is 0 Å². The third-order valence-electron chi connectivity index (χ3n) is 3.32. The van der Waals surface area contributed by atoms with Crippen LogP contribution < -0.4 is 0 Å². The molecule has 0 bridgehead atoms. The van der Waals surface area contributed by atoms with Gasteiger partial charge in [0.05, 0.1) is 5.56 Å². The molecule has 17 heavy (non-hydrogen) atoms. The second-order valence-electron chi connectivity index (χ2n) is 4.84. The van der Waals surface area contributed by atoms with E-state index in [1.807, 2.05) is 20.8 Å². The highest BCUT2D eigenvalue weighted by molar-refractivity contribution is 5.94. The minimum absolute atomic E-state index is 0.0856. The number of hydrogen-bond donors (Lipinski definition) is 0. The minimum atomic E-state index is -0.416. The molecule has 0 saturated heterocycles. The van der Waals surface area contributed by atoms with E-state index in [0.29, 0.717) is 11.5 Å². The van der Waals surface area contributed by atoms with Gasteiger partial charge in [0.2, 0.25) is 0 Å². The number of amides is 1. The summed E-state index contributed by atoms with van der Waals surface area (Å²) in [5, 5.41) is 0. The van der Waals surface area contributed by atoms with Crippen molar-refractivity contribution >= 4 is 5.91 Å². The van der Waals surface area contributed by atoms with Crippen molar-refractivity contribution in [2.45, 2.75) is 33.7 Å². The highest BCUT2D eigenvalue weighted by Crippen LogP contribution is 2.17. The molecule has 0 aliphatic heterocycles. The summed E-state index contributed by atoms with van der Waals surface area (Å²) in [6.45, 7) is 7.72. The Balaban J connectivity index is 3.01. The van der Waals surface area contributed by atoms with Gasteiger partial charge < -0.3 is 4.90 Å². The van der Waals surface area contributed by atoms with Gasteiger partial charge in [-0.25, -0.2) is 4.39 Å². The van der Waals surface area contributed by atoms with Gasteiger partial charge in [0.15, 0.2) is 0 Å². The maximum Gasteiger partial charge on any atom is 0.256 e. The quantitative estimate of drug-likeness (QED) is 0.790. The Morgan fingerprint density at radius 2 is 1.88 bits per heavy atom. The molecule has 1 aromatic rings. The maximum atomic E-state index is 13.8. The fourth-order valence-electron chi connectivity index (χ4n) is 1.63. The molecule has 0 aliphatic rings. The molecule has 0 N–H and O–H groups in total. The van der Waals surface area contributed by atoms with Gasteiger partial charge in [-0.05, 0) is 31.4 Å². The van der Waals surface area contributed by atoms with Gasteiger partial charge in [-0.15, -0.1) is 0 Å². The Kier molecular flexibility index (Phi) is 4.27. The van der Waals surface area contributed by atoms with Crippen LogP contribution in [0.15, 0.2) is 18.2 Å². The van der Waals surface area contributed by atoms with E-state index in [-0.39, 0.29) is 17.5 Å². The van der Waals surface area contributed by atoms with E-state index in [2.05, 4.69) is 0 Å². The minimum Gasteiger partial charge on any atom is -0.339 e. The number of hydrogen-bond acceptors (Lipinski definition) is 1. The van der Waals surface area contributed by atoms with Gasteiger partial charge in [0, 0.05) is 13.1 Å². The van der Waals surface area contributed by atoms with Crippen molar-refractivity contribution in [1.29, 1.82) is 0 Å². The van der Waals surface area contributed by atoms with Crippen molar-refractivity contribution in [2.75, 3.05) is 7.05 Å². The lowest BCUT2D eigenvalue weighted by Gasteiger charge is -2.28. The lowest BCUT2D eigenvalue weighted by molar-refractivity contribution is 0.0702. The summed E-state index contributed by atoms with van der Waals surface area (Å²) >= 11 is 0. The fourth-order valence-corrected chi connectivity index (χ4v) is 1.63. The van der Waals surface area contributed by atoms with E-state index in [0.717, 1.165) is 0 Å². The first kappa shape index (κ1) is 13.7. The molecular weight excluding hydrogens is 217 g/mol. The number of nitrogens with zero attached hydrogens (tertiary/aromatic N) is 1. The zero-order chi connectivity index (χ0) is 13.2. The third-order valence-corrected chi connectivity index (χ3v) is 3.32. The van der Waals surface area contributed by atoms with E-state index >= 15 is 0 Å². The number of carbonyl (C=O) groups excluding carboxylic acids is 1. The molecule has 1 amide bonds. The molecule has 3 heteroatoms. The average molecular weight is 237 g/mol. The van der Waals surface area contributed by atoms with Gasteiger partial charge in [0.1, 0.15) is 5.82 Å². The monoisotopic (exact) mass is 237 g/mol. The van der Waals surface area contributed by atoms with Crippen molar-refractivity contribution in [3.63, 3.8) is 0 Å². The summed E-state index contributed by atoms with van der Waals surface area (Å²) in [6.07, 6.45) is 0. The SMILES string of the molecule is Cc1cccc(C(=O)N(C)C(C)C(C)C)c1F. The van der Waals surface area contributed by atoms with E-state index in [1.54, 1.807) is 31.0 Å². The highest BCUT2D eigenvalue weighted by atomic mass is 19.1. The summed E-state index contributed by atoms with van der Waals surface area (Å²) < 4.78 is 13.8. The van der Waals surface area contributed by atoms with Crippen LogP contribution in [-0.2, 0) is 0 Å². The molecule has 0 heterocycles. The molecule has 0 radical (unpaired) electrons. The molecule has 0 aromatic heterocycles. The molecule has 0 saturated carbocycles. The Bertz CT molecular complexity index is 415. The van der Waals surface area contributed by atoms with Crippen LogP contribution in [0, 0.1) is 18.7 Å². The first-order chi connectivity index (χ1) is 7.86. The maximum absolute atomic E-state index is 13.8. The van der Waals surface area contributed by atoms with Crippen LogP contribution in [0.1, 0.15) is 36.7 Å². The standard InChI is InChI=1S/C14H20FNO/c1-9(2)11(4)16(5)14(17)12-8-6-7-10(3)13(12)15/h6-9,11H,1-5H3. The van der Waals surface area contributed by atoms with Gasteiger partial charge in [0.25, 0.3) is 5.91 Å². The van der Waals surface area contributed by atoms with Gasteiger partial charge >= 0.3 is 0 Å². The summed E-state index contributed by atoms with van der Waals surface area (Å²) in [6, 6.07) is 4.99. The van der Waals surface area contributed by atoms with Crippen molar-refractivity contribution in [2.24, 2.45) is 5.92 Å². The van der Waals surface area contributed by atoms with E-state index < -0.39 is 5.82 Å². The number of halogens is 1. The molecule has 1 rings (SSSR count). The predicted molar refractivity (Wildman–Crippen MR) is 67.5 cm³/mol. The fraction of sp³-hybridized carbons (Fsp3) is 0.500. The summed E-state index contributed by atoms with van der Waals surface area (Å²) in [7, 11) is 1.72. The molecule has 0 spiro atoms. The van der Waals surface area contributed by atoms with Crippen LogP contribution in [0.4, 0.5) is 4.39 Å². The smallest absolute Gasteiger partial charge is 0.256 e. The van der Waals surface area contributed by atoms with Gasteiger partial charge in [-0.1, -0.05) is 26.0 Å². The molecule has 1 aromatic carbocycles. The topological polar surface area (TPSA) is 20.3 Å². The number of carbonyl (C=O) groups is 1. The van der Waals surface area contributed by atoms with Gasteiger partial charge in [-0.2, -0.15) is 0 Å². The van der Waals surface area contributed by atoms with Crippen LogP contribution in [-0.4, -0.2) is 23.9 Å². The second kappa shape index (κ2) is 5.30. The number of benzene rings is 1. The van der Waals surface area contributed by atoms with Crippen LogP contribution in [0.25, 0.3) is 0 Å². The number of rotatable bonds is 3. The third kappa shape index (κ3) is 2.84. The average Bonchev–Trinajstić information content (AvgIpc) is 2.29. The molecule has 94 valence electrons. The number of aryl methyl sites for hydroxylation is 1. The van der Waals surface area contributed by atoms with Crippen molar-refractivity contribution < 1.29 is 9.18 Å². The normalized spacial score (nSPS) is 12.6. The summed E-state index contributed by atoms with van der Waals surface area (Å²) in [5.41, 5.74) is 0.654.